The molecule has 1 aliphatic heterocycles. The fourth-order valence-electron chi connectivity index (χ4n) is 2.70. The van der Waals surface area contributed by atoms with Gasteiger partial charge in [0.15, 0.2) is 0 Å². The first kappa shape index (κ1) is 18.4. The van der Waals surface area contributed by atoms with Gasteiger partial charge in [0.2, 0.25) is 10.0 Å². The van der Waals surface area contributed by atoms with Gasteiger partial charge in [-0.15, -0.1) is 0 Å². The molecule has 0 saturated carbocycles. The van der Waals surface area contributed by atoms with Gasteiger partial charge in [-0.2, -0.15) is 0 Å². The molecule has 0 bridgehead atoms. The lowest BCUT2D eigenvalue weighted by Crippen LogP contribution is -2.41. The number of rotatable bonds is 6. The molecule has 1 atom stereocenters. The Kier molecular flexibility index (Phi) is 5.95. The normalized spacial score (nSPS) is 17.3. The van der Waals surface area contributed by atoms with E-state index in [-0.39, 0.29) is 18.4 Å². The minimum Gasteiger partial charge on any atom is -0.465 e. The van der Waals surface area contributed by atoms with Crippen LogP contribution in [0.5, 0.6) is 0 Å². The highest BCUT2D eigenvalue weighted by Gasteiger charge is 2.31. The van der Waals surface area contributed by atoms with Crippen molar-refractivity contribution in [3.8, 4) is 0 Å². The molecule has 0 aromatic heterocycles. The summed E-state index contributed by atoms with van der Waals surface area (Å²) in [6.45, 7) is 3.03. The molecule has 1 fully saturated rings. The molecule has 1 N–H and O–H groups in total. The quantitative estimate of drug-likeness (QED) is 0.775. The maximum Gasteiger partial charge on any atom is 0.327 e. The topological polar surface area (TPSA) is 92.8 Å². The van der Waals surface area contributed by atoms with Crippen LogP contribution in [0.4, 0.5) is 5.69 Å². The number of likely N-dealkylation sites (tertiary alicyclic amines) is 1. The van der Waals surface area contributed by atoms with Crippen molar-refractivity contribution in [3.05, 3.63) is 29.8 Å². The van der Waals surface area contributed by atoms with Crippen molar-refractivity contribution in [2.75, 3.05) is 30.7 Å². The molecular formula is C16H22N2O5S. The fraction of sp³-hybridized carbons (Fsp3) is 0.500. The molecule has 2 rings (SSSR count). The second kappa shape index (κ2) is 7.76. The lowest BCUT2D eigenvalue weighted by atomic mass is 10.0. The molecule has 1 aromatic carbocycles. The highest BCUT2D eigenvalue weighted by Crippen LogP contribution is 2.26. The number of ether oxygens (including phenoxy) is 1. The first-order valence-corrected chi connectivity index (χ1v) is 9.69. The summed E-state index contributed by atoms with van der Waals surface area (Å²) in [6.07, 6.45) is 1.92. The predicted molar refractivity (Wildman–Crippen MR) is 90.1 cm³/mol. The molecule has 0 radical (unpaired) electrons. The Morgan fingerprint density at radius 2 is 1.83 bits per heavy atom. The second-order valence-corrected chi connectivity index (χ2v) is 7.47. The van der Waals surface area contributed by atoms with E-state index < -0.39 is 16.1 Å². The average Bonchev–Trinajstić information content (AvgIpc) is 2.50. The number of esters is 1. The van der Waals surface area contributed by atoms with Crippen molar-refractivity contribution >= 4 is 27.5 Å². The van der Waals surface area contributed by atoms with Crippen LogP contribution < -0.4 is 4.72 Å². The summed E-state index contributed by atoms with van der Waals surface area (Å²) in [6, 6.07) is 6.03. The molecule has 24 heavy (non-hydrogen) atoms. The van der Waals surface area contributed by atoms with Crippen LogP contribution in [0.2, 0.25) is 0 Å². The zero-order chi connectivity index (χ0) is 17.7. The van der Waals surface area contributed by atoms with E-state index in [2.05, 4.69) is 4.72 Å². The van der Waals surface area contributed by atoms with Crippen LogP contribution in [0.25, 0.3) is 0 Å². The minimum absolute atomic E-state index is 0.196. The molecule has 1 unspecified atom stereocenters. The number of anilines is 1. The number of sulfonamides is 1. The van der Waals surface area contributed by atoms with E-state index in [1.54, 1.807) is 31.2 Å². The summed E-state index contributed by atoms with van der Waals surface area (Å²) in [5, 5.41) is 0. The Hall–Kier alpha value is -1.93. The number of nitrogens with one attached hydrogen (secondary N) is 1. The zero-order valence-electron chi connectivity index (χ0n) is 13.8. The molecule has 132 valence electrons. The van der Waals surface area contributed by atoms with E-state index in [4.69, 9.17) is 4.74 Å². The van der Waals surface area contributed by atoms with Gasteiger partial charge in [-0.25, -0.2) is 13.2 Å². The van der Waals surface area contributed by atoms with Gasteiger partial charge >= 0.3 is 5.97 Å². The largest absolute Gasteiger partial charge is 0.465 e. The van der Waals surface area contributed by atoms with Crippen molar-refractivity contribution in [2.24, 2.45) is 0 Å². The van der Waals surface area contributed by atoms with E-state index in [9.17, 15) is 18.0 Å². The van der Waals surface area contributed by atoms with Gasteiger partial charge < -0.3 is 4.74 Å². The van der Waals surface area contributed by atoms with Crippen molar-refractivity contribution < 1.29 is 22.7 Å². The summed E-state index contributed by atoms with van der Waals surface area (Å²) in [5.74, 6) is -0.169. The monoisotopic (exact) mass is 354 g/mol. The third kappa shape index (κ3) is 5.04. The summed E-state index contributed by atoms with van der Waals surface area (Å²) in [7, 11) is -3.35. The van der Waals surface area contributed by atoms with Crippen LogP contribution in [-0.2, 0) is 24.3 Å². The van der Waals surface area contributed by atoms with E-state index in [1.807, 2.05) is 4.90 Å². The number of nitrogens with zero attached hydrogens (tertiary/aromatic N) is 1. The molecule has 0 aliphatic carbocycles. The van der Waals surface area contributed by atoms with Crippen LogP contribution in [-0.4, -0.2) is 51.0 Å². The number of piperidine rings is 1. The zero-order valence-corrected chi connectivity index (χ0v) is 14.6. The first-order chi connectivity index (χ1) is 11.3. The Morgan fingerprint density at radius 1 is 1.25 bits per heavy atom. The Bertz CT molecular complexity index is 690. The van der Waals surface area contributed by atoms with Crippen LogP contribution in [0.3, 0.4) is 0 Å². The number of hydrogen-bond acceptors (Lipinski definition) is 6. The molecule has 1 aromatic rings. The van der Waals surface area contributed by atoms with Gasteiger partial charge in [0.05, 0.1) is 12.9 Å². The number of Topliss-reactive ketones (excluding diaryl/α,β-unsaturated/α-hetero) is 1. The molecule has 7 nitrogen and oxygen atoms in total. The summed E-state index contributed by atoms with van der Waals surface area (Å²) in [5.41, 5.74) is 1.14. The van der Waals surface area contributed by atoms with E-state index in [0.717, 1.165) is 6.26 Å². The maximum absolute atomic E-state index is 12.4. The number of benzene rings is 1. The average molecular weight is 354 g/mol. The van der Waals surface area contributed by atoms with Crippen molar-refractivity contribution in [1.82, 2.24) is 4.90 Å². The molecule has 0 spiro atoms. The molecule has 1 saturated heterocycles. The van der Waals surface area contributed by atoms with Crippen LogP contribution >= 0.6 is 0 Å². The fourth-order valence-corrected chi connectivity index (χ4v) is 3.26. The van der Waals surface area contributed by atoms with Crippen molar-refractivity contribution in [2.45, 2.75) is 25.8 Å². The summed E-state index contributed by atoms with van der Waals surface area (Å²) in [4.78, 5) is 25.7. The standard InChI is InChI=1S/C16H22N2O5S/c1-3-23-16(20)15(18-10-8-14(19)9-11-18)12-4-6-13(7-5-12)17-24(2,21)22/h4-7,15,17H,3,8-11H2,1-2H3. The van der Waals surface area contributed by atoms with Gasteiger partial charge in [-0.1, -0.05) is 12.1 Å². The SMILES string of the molecule is CCOC(=O)C(c1ccc(NS(C)(=O)=O)cc1)N1CCC(=O)CC1. The second-order valence-electron chi connectivity index (χ2n) is 5.73. The highest BCUT2D eigenvalue weighted by molar-refractivity contribution is 7.92. The van der Waals surface area contributed by atoms with Gasteiger partial charge in [-0.05, 0) is 24.6 Å². The molecule has 0 amide bonds. The molecule has 1 heterocycles. The maximum atomic E-state index is 12.4. The number of ketones is 1. The van der Waals surface area contributed by atoms with Crippen molar-refractivity contribution in [3.63, 3.8) is 0 Å². The van der Waals surface area contributed by atoms with E-state index in [0.29, 0.717) is 37.2 Å². The summed E-state index contributed by atoms with van der Waals surface area (Å²) < 4.78 is 30.1. The number of carbonyl (C=O) groups is 2. The van der Waals surface area contributed by atoms with E-state index in [1.165, 1.54) is 0 Å². The van der Waals surface area contributed by atoms with Crippen LogP contribution in [0, 0.1) is 0 Å². The Labute approximate surface area is 142 Å². The third-order valence-electron chi connectivity index (χ3n) is 3.76. The Morgan fingerprint density at radius 3 is 2.33 bits per heavy atom. The number of hydrogen-bond donors (Lipinski definition) is 1. The van der Waals surface area contributed by atoms with Gasteiger partial charge in [0.25, 0.3) is 0 Å². The molecule has 1 aliphatic rings. The third-order valence-corrected chi connectivity index (χ3v) is 4.37. The first-order valence-electron chi connectivity index (χ1n) is 7.80. The number of carbonyl (C=O) groups excluding carboxylic acids is 2. The Balaban J connectivity index is 2.23. The van der Waals surface area contributed by atoms with Gasteiger partial charge in [0.1, 0.15) is 11.8 Å². The minimum atomic E-state index is -3.35. The van der Waals surface area contributed by atoms with Gasteiger partial charge in [-0.3, -0.25) is 14.4 Å². The molecule has 8 heteroatoms. The van der Waals surface area contributed by atoms with Crippen molar-refractivity contribution in [1.29, 1.82) is 0 Å². The molecular weight excluding hydrogens is 332 g/mol. The lowest BCUT2D eigenvalue weighted by molar-refractivity contribution is -0.151. The predicted octanol–water partition coefficient (Wildman–Crippen LogP) is 1.33. The van der Waals surface area contributed by atoms with E-state index >= 15 is 0 Å². The smallest absolute Gasteiger partial charge is 0.327 e. The summed E-state index contributed by atoms with van der Waals surface area (Å²) >= 11 is 0. The van der Waals surface area contributed by atoms with Crippen LogP contribution in [0.15, 0.2) is 24.3 Å². The lowest BCUT2D eigenvalue weighted by Gasteiger charge is -2.32. The van der Waals surface area contributed by atoms with Gasteiger partial charge in [0, 0.05) is 31.6 Å². The highest BCUT2D eigenvalue weighted by atomic mass is 32.2. The van der Waals surface area contributed by atoms with Crippen LogP contribution in [0.1, 0.15) is 31.4 Å².